The maximum Gasteiger partial charge on any atom is 0.229 e. The Morgan fingerprint density at radius 1 is 1.19 bits per heavy atom. The van der Waals surface area contributed by atoms with Gasteiger partial charge in [-0.1, -0.05) is 6.92 Å². The molecular weight excluding hydrogens is 556 g/mol. The molecule has 0 bridgehead atoms. The van der Waals surface area contributed by atoms with Crippen molar-refractivity contribution in [2.75, 3.05) is 32.7 Å². The number of hydrogen-bond donors (Lipinski definition) is 2. The number of anilines is 2. The Kier molecular flexibility index (Phi) is 7.61. The summed E-state index contributed by atoms with van der Waals surface area (Å²) in [6.07, 6.45) is 6.62. The predicted molar refractivity (Wildman–Crippen MR) is 157 cm³/mol. The second-order valence-corrected chi connectivity index (χ2v) is 11.7. The summed E-state index contributed by atoms with van der Waals surface area (Å²) >= 11 is 0. The van der Waals surface area contributed by atoms with Gasteiger partial charge in [0.15, 0.2) is 0 Å². The van der Waals surface area contributed by atoms with E-state index in [1.165, 1.54) is 23.8 Å². The molecule has 0 spiro atoms. The summed E-state index contributed by atoms with van der Waals surface area (Å²) < 4.78 is 43.0. The number of nitrogens with two attached hydrogens (primary N) is 1. The normalized spacial score (nSPS) is 23.1. The van der Waals surface area contributed by atoms with Crippen LogP contribution in [0, 0.1) is 17.6 Å². The number of carbonyl (C=O) groups is 1. The maximum atomic E-state index is 15.4. The van der Waals surface area contributed by atoms with Crippen LogP contribution in [-0.2, 0) is 19.9 Å². The van der Waals surface area contributed by atoms with Crippen LogP contribution in [0.25, 0.3) is 16.8 Å². The van der Waals surface area contributed by atoms with Crippen LogP contribution in [0.2, 0.25) is 0 Å². The van der Waals surface area contributed by atoms with E-state index in [0.717, 1.165) is 17.7 Å². The number of nitrogens with one attached hydrogen (secondary N) is 1. The largest absolute Gasteiger partial charge is 0.375 e. The van der Waals surface area contributed by atoms with Gasteiger partial charge in [-0.25, -0.2) is 13.8 Å². The van der Waals surface area contributed by atoms with Gasteiger partial charge >= 0.3 is 0 Å². The zero-order valence-corrected chi connectivity index (χ0v) is 24.6. The van der Waals surface area contributed by atoms with Crippen molar-refractivity contribution in [1.82, 2.24) is 24.5 Å². The summed E-state index contributed by atoms with van der Waals surface area (Å²) in [5.41, 5.74) is 8.41. The number of rotatable bonds is 7. The summed E-state index contributed by atoms with van der Waals surface area (Å²) in [6, 6.07) is 7.56. The second-order valence-electron chi connectivity index (χ2n) is 11.7. The first-order chi connectivity index (χ1) is 20.6. The summed E-state index contributed by atoms with van der Waals surface area (Å²) in [5.74, 6) is -0.808. The Balaban J connectivity index is 1.30. The van der Waals surface area contributed by atoms with E-state index in [1.54, 1.807) is 49.6 Å². The number of pyridine rings is 1. The molecule has 0 unspecified atom stereocenters. The van der Waals surface area contributed by atoms with Crippen molar-refractivity contribution in [2.24, 2.45) is 11.7 Å². The molecule has 1 saturated heterocycles. The Morgan fingerprint density at radius 2 is 1.93 bits per heavy atom. The predicted octanol–water partition coefficient (Wildman–Crippen LogP) is 4.37. The van der Waals surface area contributed by atoms with Crippen LogP contribution in [0.15, 0.2) is 48.9 Å². The number of likely N-dealkylation sites (N-methyl/N-ethyl adjacent to an activating group) is 1. The number of carbonyl (C=O) groups excluding carboxylic acids is 1. The number of benzene rings is 1. The fourth-order valence-electron chi connectivity index (χ4n) is 6.57. The van der Waals surface area contributed by atoms with Crippen molar-refractivity contribution in [1.29, 1.82) is 0 Å². The highest BCUT2D eigenvalue weighted by atomic mass is 19.1. The van der Waals surface area contributed by atoms with Crippen molar-refractivity contribution in [3.8, 4) is 11.3 Å². The van der Waals surface area contributed by atoms with Crippen LogP contribution in [-0.4, -0.2) is 69.8 Å². The number of fused-ring (bicyclic) bond motifs is 1. The van der Waals surface area contributed by atoms with Gasteiger partial charge in [-0.15, -0.1) is 0 Å². The molecule has 2 aliphatic rings. The van der Waals surface area contributed by atoms with Crippen LogP contribution >= 0.6 is 0 Å². The standard InChI is InChI=1S/C31H35F2N7O3/c1-17-9-19(10-25(34)29(17)39(3)18(2)41)22-7-8-35-14-27(22)37-30-36-13-21-5-6-26(38-40(21)30)28-23(32)11-20(12-24(28)33)31(42-4)15-43-16-31/h5-8,11-14,17,19,25,29H,9-10,15-16,34H2,1-4H3,(H,36,37)/t17-,19+,25+,29-/m0/s1. The Hall–Kier alpha value is -4.00. The molecule has 1 aromatic carbocycles. The van der Waals surface area contributed by atoms with Crippen molar-refractivity contribution in [3.63, 3.8) is 0 Å². The number of methoxy groups -OCH3 is 1. The molecule has 0 radical (unpaired) electrons. The van der Waals surface area contributed by atoms with Gasteiger partial charge in [-0.2, -0.15) is 9.61 Å². The lowest BCUT2D eigenvalue weighted by Gasteiger charge is -2.43. The third kappa shape index (κ3) is 5.13. The highest BCUT2D eigenvalue weighted by Gasteiger charge is 2.42. The van der Waals surface area contributed by atoms with Crippen LogP contribution < -0.4 is 11.1 Å². The van der Waals surface area contributed by atoms with E-state index >= 15 is 8.78 Å². The zero-order valence-electron chi connectivity index (χ0n) is 24.6. The van der Waals surface area contributed by atoms with Crippen LogP contribution in [0.3, 0.4) is 0 Å². The molecule has 3 aromatic heterocycles. The Labute approximate surface area is 248 Å². The summed E-state index contributed by atoms with van der Waals surface area (Å²) in [6.45, 7) is 4.14. The van der Waals surface area contributed by atoms with Crippen molar-refractivity contribution < 1.29 is 23.0 Å². The third-order valence-corrected chi connectivity index (χ3v) is 8.99. The molecule has 1 aliphatic carbocycles. The van der Waals surface area contributed by atoms with Crippen LogP contribution in [0.5, 0.6) is 0 Å². The molecular formula is C31H35F2N7O3. The average molecular weight is 592 g/mol. The molecule has 43 heavy (non-hydrogen) atoms. The van der Waals surface area contributed by atoms with E-state index in [0.29, 0.717) is 23.4 Å². The third-order valence-electron chi connectivity index (χ3n) is 8.99. The molecule has 4 atom stereocenters. The van der Waals surface area contributed by atoms with Crippen LogP contribution in [0.1, 0.15) is 43.7 Å². The first-order valence-electron chi connectivity index (χ1n) is 14.3. The molecule has 226 valence electrons. The van der Waals surface area contributed by atoms with Gasteiger partial charge in [0.25, 0.3) is 0 Å². The molecule has 4 heterocycles. The van der Waals surface area contributed by atoms with Gasteiger partial charge in [0.05, 0.1) is 48.1 Å². The number of amides is 1. The first-order valence-corrected chi connectivity index (χ1v) is 14.3. The number of aromatic nitrogens is 4. The Morgan fingerprint density at radius 3 is 2.56 bits per heavy atom. The highest BCUT2D eigenvalue weighted by molar-refractivity contribution is 5.73. The molecule has 3 N–H and O–H groups in total. The second kappa shape index (κ2) is 11.3. The van der Waals surface area contributed by atoms with Gasteiger partial charge in [-0.3, -0.25) is 9.78 Å². The first kappa shape index (κ1) is 29.1. The minimum Gasteiger partial charge on any atom is -0.375 e. The fraction of sp³-hybridized carbons (Fsp3) is 0.419. The van der Waals surface area contributed by atoms with Crippen molar-refractivity contribution >= 4 is 23.1 Å². The van der Waals surface area contributed by atoms with E-state index in [9.17, 15) is 4.79 Å². The molecule has 12 heteroatoms. The summed E-state index contributed by atoms with van der Waals surface area (Å²) in [4.78, 5) is 22.6. The van der Waals surface area contributed by atoms with Gasteiger partial charge < -0.3 is 25.4 Å². The zero-order chi connectivity index (χ0) is 30.5. The monoisotopic (exact) mass is 591 g/mol. The quantitative estimate of drug-likeness (QED) is 0.325. The number of imidazole rings is 1. The van der Waals surface area contributed by atoms with Gasteiger partial charge in [-0.05, 0) is 66.1 Å². The number of hydrogen-bond acceptors (Lipinski definition) is 8. The van der Waals surface area contributed by atoms with Gasteiger partial charge in [0, 0.05) is 39.4 Å². The minimum absolute atomic E-state index is 0.00219. The maximum absolute atomic E-state index is 15.4. The topological polar surface area (TPSA) is 120 Å². The van der Waals surface area contributed by atoms with Gasteiger partial charge in [0.2, 0.25) is 11.9 Å². The molecule has 2 fully saturated rings. The lowest BCUT2D eigenvalue weighted by atomic mass is 9.73. The minimum atomic E-state index is -0.856. The average Bonchev–Trinajstić information content (AvgIpc) is 3.34. The SMILES string of the molecule is COC1(c2cc(F)c(-c3ccc4cnc(Nc5cnccc5[C@H]5C[C@@H](N)[C@@H](N(C)C(C)=O)[C@@H](C)C5)n4n3)c(F)c2)COC1. The van der Waals surface area contributed by atoms with E-state index in [4.69, 9.17) is 15.2 Å². The molecule has 1 saturated carbocycles. The van der Waals surface area contributed by atoms with Crippen molar-refractivity contribution in [3.05, 3.63) is 71.7 Å². The molecule has 1 amide bonds. The fourth-order valence-corrected chi connectivity index (χ4v) is 6.57. The molecule has 1 aliphatic heterocycles. The molecule has 4 aromatic rings. The summed E-state index contributed by atoms with van der Waals surface area (Å²) in [5, 5.41) is 7.90. The number of halogens is 2. The highest BCUT2D eigenvalue weighted by Crippen LogP contribution is 2.41. The van der Waals surface area contributed by atoms with E-state index < -0.39 is 17.2 Å². The lowest BCUT2D eigenvalue weighted by Crippen LogP contribution is -2.54. The lowest BCUT2D eigenvalue weighted by molar-refractivity contribution is -0.202. The van der Waals surface area contributed by atoms with E-state index in [1.807, 2.05) is 6.07 Å². The van der Waals surface area contributed by atoms with Gasteiger partial charge in [0.1, 0.15) is 17.2 Å². The van der Waals surface area contributed by atoms with E-state index in [2.05, 4.69) is 27.3 Å². The van der Waals surface area contributed by atoms with Crippen LogP contribution in [0.4, 0.5) is 20.4 Å². The Bertz CT molecular complexity index is 1630. The molecule has 10 nitrogen and oxygen atoms in total. The summed E-state index contributed by atoms with van der Waals surface area (Å²) in [7, 11) is 3.30. The van der Waals surface area contributed by atoms with Crippen molar-refractivity contribution in [2.45, 2.75) is 50.3 Å². The molecule has 6 rings (SSSR count). The smallest absolute Gasteiger partial charge is 0.229 e. The number of ether oxygens (including phenoxy) is 2. The van der Waals surface area contributed by atoms with E-state index in [-0.39, 0.29) is 54.3 Å². The number of nitrogens with zero attached hydrogens (tertiary/aromatic N) is 5.